The lowest BCUT2D eigenvalue weighted by Gasteiger charge is -2.37. The van der Waals surface area contributed by atoms with Crippen LogP contribution in [-0.2, 0) is 13.0 Å². The van der Waals surface area contributed by atoms with Gasteiger partial charge in [-0.15, -0.1) is 11.3 Å². The van der Waals surface area contributed by atoms with Gasteiger partial charge in [0, 0.05) is 54.7 Å². The molecule has 37 heavy (non-hydrogen) atoms. The lowest BCUT2D eigenvalue weighted by atomic mass is 9.94. The maximum Gasteiger partial charge on any atom is 0.405 e. The number of aryl methyl sites for hydroxylation is 1. The number of halogens is 4. The fraction of sp³-hybridized carbons (Fsp3) is 0.462. The molecule has 6 rings (SSSR count). The first-order valence-electron chi connectivity index (χ1n) is 13.5. The third-order valence-corrected chi connectivity index (χ3v) is 8.26. The average molecular weight is 551 g/mol. The minimum absolute atomic E-state index is 0.148. The van der Waals surface area contributed by atoms with Crippen LogP contribution in [0.3, 0.4) is 0 Å². The topological polar surface area (TPSA) is 47.5 Å². The normalized spacial score (nSPS) is 25.5. The Morgan fingerprint density at radius 2 is 2.14 bits per heavy atom. The van der Waals surface area contributed by atoms with E-state index in [-0.39, 0.29) is 6.54 Å². The number of hydrogen-bond acceptors (Lipinski definition) is 7. The minimum Gasteiger partial charge on any atom is -0.366 e. The van der Waals surface area contributed by atoms with Gasteiger partial charge in [-0.2, -0.15) is 13.2 Å². The second kappa shape index (κ2) is 10.1. The molecule has 0 bridgehead atoms. The van der Waals surface area contributed by atoms with Gasteiger partial charge in [0.2, 0.25) is 0 Å². The molecule has 1 saturated heterocycles. The van der Waals surface area contributed by atoms with Gasteiger partial charge in [-0.3, -0.25) is 4.90 Å². The molecule has 3 aromatic rings. The smallest absolute Gasteiger partial charge is 0.366 e. The lowest BCUT2D eigenvalue weighted by Crippen LogP contribution is -2.42. The highest BCUT2D eigenvalue weighted by Crippen LogP contribution is 2.43. The van der Waals surface area contributed by atoms with Crippen molar-refractivity contribution in [3.8, 4) is 11.3 Å². The predicted molar refractivity (Wildman–Crippen MR) is 142 cm³/mol. The van der Waals surface area contributed by atoms with E-state index in [9.17, 15) is 13.2 Å². The number of rotatable bonds is 5. The van der Waals surface area contributed by atoms with Crippen molar-refractivity contribution in [3.63, 3.8) is 0 Å². The summed E-state index contributed by atoms with van der Waals surface area (Å²) in [7, 11) is 0. The van der Waals surface area contributed by atoms with E-state index < -0.39 is 25.9 Å². The van der Waals surface area contributed by atoms with Crippen LogP contribution in [0.5, 0.6) is 0 Å². The Hall–Kier alpha value is -2.40. The van der Waals surface area contributed by atoms with Crippen molar-refractivity contribution in [3.05, 3.63) is 52.3 Å². The van der Waals surface area contributed by atoms with Crippen molar-refractivity contribution in [1.82, 2.24) is 25.1 Å². The number of benzene rings is 1. The van der Waals surface area contributed by atoms with Crippen LogP contribution in [0.4, 0.5) is 18.9 Å². The summed E-state index contributed by atoms with van der Waals surface area (Å²) < 4.78 is 56.7. The van der Waals surface area contributed by atoms with Crippen molar-refractivity contribution in [1.29, 1.82) is 0 Å². The number of hydrogen-bond donors (Lipinski definition) is 1. The third-order valence-electron chi connectivity index (χ3n) is 6.93. The molecule has 11 heteroatoms. The molecule has 0 saturated carbocycles. The van der Waals surface area contributed by atoms with Crippen LogP contribution in [0, 0.1) is 0 Å². The fourth-order valence-electron chi connectivity index (χ4n) is 5.46. The number of thiophene rings is 1. The molecule has 3 aliphatic rings. The van der Waals surface area contributed by atoms with Crippen molar-refractivity contribution in [2.45, 2.75) is 38.0 Å². The quantitative estimate of drug-likeness (QED) is 0.467. The van der Waals surface area contributed by atoms with Crippen molar-refractivity contribution < 1.29 is 15.9 Å². The number of nitrogens with one attached hydrogen (secondary N) is 1. The molecule has 3 atom stereocenters. The summed E-state index contributed by atoms with van der Waals surface area (Å²) in [6.07, 6.45) is 2.73. The lowest BCUT2D eigenvalue weighted by molar-refractivity contribution is -0.144. The van der Waals surface area contributed by atoms with E-state index >= 15 is 0 Å². The fourth-order valence-corrected chi connectivity index (χ4v) is 6.83. The molecule has 1 fully saturated rings. The van der Waals surface area contributed by atoms with Gasteiger partial charge in [-0.25, -0.2) is 9.97 Å². The molecular weight excluding hydrogens is 521 g/mol. The molecule has 196 valence electrons. The molecule has 0 aliphatic carbocycles. The van der Waals surface area contributed by atoms with Crippen LogP contribution < -0.4 is 10.2 Å². The summed E-state index contributed by atoms with van der Waals surface area (Å²) in [6, 6.07) is 6.29. The Morgan fingerprint density at radius 3 is 2.95 bits per heavy atom. The SMILES string of the molecule is [2H]C1C=CN(CC(F)(F)F)[C@@H]([2H])N1Cc1cc2ncnc(-c3cc(Cl)cc4c3N(C3CCNC3)CCC4)c2s1. The highest BCUT2D eigenvalue weighted by molar-refractivity contribution is 7.19. The van der Waals surface area contributed by atoms with Gasteiger partial charge in [0.05, 0.1) is 23.9 Å². The standard InChI is InChI=1S/C26H28ClF3N6S/c27-18-9-17-3-1-8-36(19-4-5-31-12-19)24(17)21(10-18)23-25-22(32-15-33-23)11-20(37-25)13-34-6-2-7-35(16-34)14-26(28,29)30/h2,7,9-11,15,19,31H,1,3-6,8,12-14,16H2/i6D,16D/t6?,16-,19?/m0/s1. The van der Waals surface area contributed by atoms with Crippen LogP contribution in [0.2, 0.25) is 5.02 Å². The van der Waals surface area contributed by atoms with E-state index in [1.165, 1.54) is 40.4 Å². The first-order valence-corrected chi connectivity index (χ1v) is 13.5. The van der Waals surface area contributed by atoms with Gasteiger partial charge in [-0.05, 0) is 55.8 Å². The molecule has 3 aliphatic heterocycles. The molecule has 0 amide bonds. The van der Waals surface area contributed by atoms with Gasteiger partial charge in [0.1, 0.15) is 12.9 Å². The molecule has 0 spiro atoms. The van der Waals surface area contributed by atoms with E-state index in [1.54, 1.807) is 0 Å². The zero-order valence-electron chi connectivity index (χ0n) is 22.0. The van der Waals surface area contributed by atoms with E-state index in [0.717, 1.165) is 75.8 Å². The van der Waals surface area contributed by atoms with Gasteiger partial charge in [0.15, 0.2) is 0 Å². The highest BCUT2D eigenvalue weighted by Gasteiger charge is 2.32. The zero-order valence-corrected chi connectivity index (χ0v) is 21.6. The second-order valence-electron chi connectivity index (χ2n) is 9.62. The molecule has 1 aromatic carbocycles. The van der Waals surface area contributed by atoms with Gasteiger partial charge < -0.3 is 15.1 Å². The summed E-state index contributed by atoms with van der Waals surface area (Å²) in [5, 5.41) is 4.12. The Labute approximate surface area is 225 Å². The monoisotopic (exact) mass is 550 g/mol. The van der Waals surface area contributed by atoms with E-state index in [2.05, 4.69) is 15.2 Å². The number of alkyl halides is 3. The molecule has 2 unspecified atom stereocenters. The van der Waals surface area contributed by atoms with Gasteiger partial charge in [-0.1, -0.05) is 17.7 Å². The Bertz CT molecular complexity index is 1400. The van der Waals surface area contributed by atoms with Crippen molar-refractivity contribution >= 4 is 38.8 Å². The van der Waals surface area contributed by atoms with Crippen LogP contribution >= 0.6 is 22.9 Å². The summed E-state index contributed by atoms with van der Waals surface area (Å²) in [5.74, 6) is 0. The molecule has 0 radical (unpaired) electrons. The van der Waals surface area contributed by atoms with Crippen LogP contribution in [0.15, 0.2) is 36.8 Å². The molecule has 5 heterocycles. The molecule has 6 nitrogen and oxygen atoms in total. The Kier molecular flexibility index (Phi) is 6.13. The highest BCUT2D eigenvalue weighted by atomic mass is 35.5. The summed E-state index contributed by atoms with van der Waals surface area (Å²) in [4.78, 5) is 14.8. The van der Waals surface area contributed by atoms with Crippen LogP contribution in [0.25, 0.3) is 21.5 Å². The number of aromatic nitrogens is 2. The van der Waals surface area contributed by atoms with Gasteiger partial charge >= 0.3 is 6.18 Å². The van der Waals surface area contributed by atoms with E-state index in [4.69, 9.17) is 19.3 Å². The molecule has 1 N–H and O–H groups in total. The molecule has 2 aromatic heterocycles. The number of nitrogens with zero attached hydrogens (tertiary/aromatic N) is 5. The predicted octanol–water partition coefficient (Wildman–Crippen LogP) is 5.28. The number of anilines is 1. The first-order chi connectivity index (χ1) is 18.7. The summed E-state index contributed by atoms with van der Waals surface area (Å²) in [6.45, 7) is -0.465. The van der Waals surface area contributed by atoms with E-state index in [0.29, 0.717) is 11.1 Å². The third kappa shape index (κ3) is 5.30. The maximum atomic E-state index is 13.0. The zero-order chi connectivity index (χ0) is 27.3. The van der Waals surface area contributed by atoms with E-state index in [1.807, 2.05) is 18.2 Å². The second-order valence-corrected chi connectivity index (χ2v) is 11.2. The first kappa shape index (κ1) is 22.6. The van der Waals surface area contributed by atoms with Crippen LogP contribution in [0.1, 0.15) is 26.0 Å². The average Bonchev–Trinajstić information content (AvgIpc) is 3.56. The van der Waals surface area contributed by atoms with Crippen molar-refractivity contribution in [2.24, 2.45) is 0 Å². The minimum atomic E-state index is -4.44. The summed E-state index contributed by atoms with van der Waals surface area (Å²) in [5.41, 5.74) is 4.82. The maximum absolute atomic E-state index is 13.0. The number of fused-ring (bicyclic) bond motifs is 2. The van der Waals surface area contributed by atoms with Crippen molar-refractivity contribution in [2.75, 3.05) is 44.2 Å². The largest absolute Gasteiger partial charge is 0.405 e. The molecular formula is C26H28ClF3N6S. The summed E-state index contributed by atoms with van der Waals surface area (Å²) >= 11 is 8.05. The van der Waals surface area contributed by atoms with Gasteiger partial charge in [0.25, 0.3) is 0 Å². The Morgan fingerprint density at radius 1 is 1.24 bits per heavy atom. The Balaban J connectivity index is 1.36. The van der Waals surface area contributed by atoms with Crippen LogP contribution in [-0.4, -0.2) is 71.3 Å².